The Hall–Kier alpha value is -4.18. The molecule has 0 spiro atoms. The Morgan fingerprint density at radius 1 is 0.974 bits per heavy atom. The maximum Gasteiger partial charge on any atom is 0.315 e. The largest absolute Gasteiger partial charge is 0.427 e. The molecule has 6 rings (SSSR count). The lowest BCUT2D eigenvalue weighted by atomic mass is 10.0. The predicted octanol–water partition coefficient (Wildman–Crippen LogP) is 4.63. The Balaban J connectivity index is 0.977. The van der Waals surface area contributed by atoms with Gasteiger partial charge in [-0.25, -0.2) is 9.48 Å². The highest BCUT2D eigenvalue weighted by molar-refractivity contribution is 8.00. The third-order valence-electron chi connectivity index (χ3n) is 7.03. The first-order valence-corrected chi connectivity index (χ1v) is 14.1. The van der Waals surface area contributed by atoms with Gasteiger partial charge in [-0.1, -0.05) is 42.0 Å². The summed E-state index contributed by atoms with van der Waals surface area (Å²) in [6.45, 7) is 0. The van der Waals surface area contributed by atoms with Crippen molar-refractivity contribution in [3.05, 3.63) is 79.1 Å². The molecule has 2 amide bonds. The van der Waals surface area contributed by atoms with Gasteiger partial charge in [0.1, 0.15) is 11.4 Å². The number of hydrogen-bond acceptors (Lipinski definition) is 7. The average Bonchev–Trinajstić information content (AvgIpc) is 3.69. The zero-order chi connectivity index (χ0) is 26.6. The summed E-state index contributed by atoms with van der Waals surface area (Å²) in [6, 6.07) is 21.6. The number of amides is 2. The topological polar surface area (TPSA) is 111 Å². The van der Waals surface area contributed by atoms with Crippen LogP contribution in [0.4, 0.5) is 4.79 Å². The van der Waals surface area contributed by atoms with Crippen LogP contribution in [0.1, 0.15) is 25.7 Å². The molecule has 2 aromatic heterocycles. The number of rotatable bonds is 9. The number of ether oxygens (including phenoxy) is 1. The molecule has 4 aromatic rings. The molecule has 9 nitrogen and oxygen atoms in total. The van der Waals surface area contributed by atoms with Crippen LogP contribution < -0.4 is 15.4 Å². The number of benzene rings is 2. The minimum atomic E-state index is -0.224. The lowest BCUT2D eigenvalue weighted by Crippen LogP contribution is -2.36. The third kappa shape index (κ3) is 5.80. The number of thioether (sulfide) groups is 1. The van der Waals surface area contributed by atoms with E-state index in [9.17, 15) is 9.59 Å². The van der Waals surface area contributed by atoms with Crippen LogP contribution in [0.3, 0.4) is 0 Å². The van der Waals surface area contributed by atoms with Crippen molar-refractivity contribution in [2.75, 3.05) is 5.75 Å². The standard InChI is InChI=1S/C29H28N6O3S/c36-27(7-2-1-6-26-28-25(18-39-26)31-29(37)32-28)38-22-14-10-20(11-15-22)19-8-12-21(13-9-19)35-17-24(33-34-35)23-5-3-4-16-30-23/h3-5,8-17,25-26,28H,1-2,6-7,18H2,(H2,31,32,37)/t25-,26-,28-/m0/s1. The Bertz CT molecular complexity index is 1440. The van der Waals surface area contributed by atoms with E-state index in [2.05, 4.69) is 25.9 Å². The summed E-state index contributed by atoms with van der Waals surface area (Å²) in [4.78, 5) is 28.2. The van der Waals surface area contributed by atoms with Crippen LogP contribution >= 0.6 is 11.8 Å². The van der Waals surface area contributed by atoms with Gasteiger partial charge in [0.25, 0.3) is 0 Å². The first kappa shape index (κ1) is 25.1. The van der Waals surface area contributed by atoms with Gasteiger partial charge in [-0.05, 0) is 60.4 Å². The van der Waals surface area contributed by atoms with Crippen molar-refractivity contribution >= 4 is 23.8 Å². The minimum Gasteiger partial charge on any atom is -0.427 e. The lowest BCUT2D eigenvalue weighted by molar-refractivity contribution is -0.134. The summed E-state index contributed by atoms with van der Waals surface area (Å²) < 4.78 is 7.27. The van der Waals surface area contributed by atoms with E-state index in [0.29, 0.717) is 23.1 Å². The van der Waals surface area contributed by atoms with Crippen LogP contribution in [-0.4, -0.2) is 55.1 Å². The van der Waals surface area contributed by atoms with Gasteiger partial charge in [-0.2, -0.15) is 11.8 Å². The molecule has 2 N–H and O–H groups in total. The number of carbonyl (C=O) groups is 2. The SMILES string of the molecule is O=C1N[C@H]2[C@H](CS[C@H]2CCCCC(=O)Oc2ccc(-c3ccc(-n4cc(-c5ccccn5)nn4)cc3)cc2)N1. The maximum atomic E-state index is 12.3. The van der Waals surface area contributed by atoms with E-state index in [4.69, 9.17) is 4.74 Å². The molecule has 0 aliphatic carbocycles. The molecule has 10 heteroatoms. The van der Waals surface area contributed by atoms with E-state index < -0.39 is 0 Å². The number of fused-ring (bicyclic) bond motifs is 1. The Kier molecular flexibility index (Phi) is 7.27. The molecule has 39 heavy (non-hydrogen) atoms. The van der Waals surface area contributed by atoms with Crippen molar-refractivity contribution in [1.29, 1.82) is 0 Å². The van der Waals surface area contributed by atoms with Crippen LogP contribution in [0.2, 0.25) is 0 Å². The van der Waals surface area contributed by atoms with Crippen molar-refractivity contribution in [3.63, 3.8) is 0 Å². The van der Waals surface area contributed by atoms with Crippen molar-refractivity contribution in [3.8, 4) is 34.0 Å². The summed E-state index contributed by atoms with van der Waals surface area (Å²) in [5.41, 5.74) is 4.46. The van der Waals surface area contributed by atoms with Gasteiger partial charge in [-0.3, -0.25) is 9.78 Å². The highest BCUT2D eigenvalue weighted by atomic mass is 32.2. The summed E-state index contributed by atoms with van der Waals surface area (Å²) in [5.74, 6) is 1.27. The molecule has 0 saturated carbocycles. The number of hydrogen-bond donors (Lipinski definition) is 2. The zero-order valence-electron chi connectivity index (χ0n) is 21.2. The van der Waals surface area contributed by atoms with Gasteiger partial charge in [0, 0.05) is 23.6 Å². The van der Waals surface area contributed by atoms with Crippen molar-refractivity contribution < 1.29 is 14.3 Å². The number of esters is 1. The molecule has 0 radical (unpaired) electrons. The van der Waals surface area contributed by atoms with Gasteiger partial charge < -0.3 is 15.4 Å². The monoisotopic (exact) mass is 540 g/mol. The fourth-order valence-corrected chi connectivity index (χ4v) is 6.53. The van der Waals surface area contributed by atoms with Crippen LogP contribution in [0, 0.1) is 0 Å². The second-order valence-electron chi connectivity index (χ2n) is 9.68. The fourth-order valence-electron chi connectivity index (χ4n) is 4.98. The maximum absolute atomic E-state index is 12.3. The van der Waals surface area contributed by atoms with Crippen LogP contribution in [0.5, 0.6) is 5.75 Å². The van der Waals surface area contributed by atoms with E-state index >= 15 is 0 Å². The van der Waals surface area contributed by atoms with Crippen molar-refractivity contribution in [2.45, 2.75) is 43.0 Å². The Morgan fingerprint density at radius 3 is 2.54 bits per heavy atom. The summed E-state index contributed by atoms with van der Waals surface area (Å²) >= 11 is 1.89. The number of pyridine rings is 1. The lowest BCUT2D eigenvalue weighted by Gasteiger charge is -2.16. The number of unbranched alkanes of at least 4 members (excludes halogenated alkanes) is 1. The van der Waals surface area contributed by atoms with E-state index in [1.807, 2.05) is 84.7 Å². The van der Waals surface area contributed by atoms with E-state index in [1.165, 1.54) is 0 Å². The molecule has 0 bridgehead atoms. The zero-order valence-corrected chi connectivity index (χ0v) is 22.0. The van der Waals surface area contributed by atoms with Gasteiger partial charge in [0.15, 0.2) is 0 Å². The van der Waals surface area contributed by atoms with Gasteiger partial charge in [0.2, 0.25) is 0 Å². The molecule has 0 unspecified atom stereocenters. The number of nitrogens with one attached hydrogen (secondary N) is 2. The first-order chi connectivity index (χ1) is 19.1. The normalized spacial score (nSPS) is 19.8. The summed E-state index contributed by atoms with van der Waals surface area (Å²) in [5, 5.41) is 14.8. The third-order valence-corrected chi connectivity index (χ3v) is 8.54. The van der Waals surface area contributed by atoms with Gasteiger partial charge in [-0.15, -0.1) is 5.10 Å². The average molecular weight is 541 g/mol. The molecule has 2 saturated heterocycles. The Labute approximate surface area is 230 Å². The number of nitrogens with zero attached hydrogens (tertiary/aromatic N) is 4. The molecule has 2 aliphatic rings. The highest BCUT2D eigenvalue weighted by Crippen LogP contribution is 2.33. The number of carbonyl (C=O) groups excluding carboxylic acids is 2. The van der Waals surface area contributed by atoms with Crippen molar-refractivity contribution in [2.24, 2.45) is 0 Å². The van der Waals surface area contributed by atoms with E-state index in [1.54, 1.807) is 10.9 Å². The number of urea groups is 1. The quantitative estimate of drug-likeness (QED) is 0.138. The molecule has 2 aromatic carbocycles. The van der Waals surface area contributed by atoms with Crippen LogP contribution in [-0.2, 0) is 4.79 Å². The van der Waals surface area contributed by atoms with Gasteiger partial charge >= 0.3 is 12.0 Å². The smallest absolute Gasteiger partial charge is 0.315 e. The van der Waals surface area contributed by atoms with Crippen LogP contribution in [0.25, 0.3) is 28.2 Å². The van der Waals surface area contributed by atoms with Gasteiger partial charge in [0.05, 0.1) is 29.7 Å². The molecule has 3 atom stereocenters. The fraction of sp³-hybridized carbons (Fsp3) is 0.276. The summed E-state index contributed by atoms with van der Waals surface area (Å²) in [7, 11) is 0. The molecule has 4 heterocycles. The molecular formula is C29H28N6O3S. The molecular weight excluding hydrogens is 512 g/mol. The number of aromatic nitrogens is 4. The first-order valence-electron chi connectivity index (χ1n) is 13.1. The minimum absolute atomic E-state index is 0.0655. The molecule has 2 fully saturated rings. The van der Waals surface area contributed by atoms with Crippen molar-refractivity contribution in [1.82, 2.24) is 30.6 Å². The van der Waals surface area contributed by atoms with Crippen LogP contribution in [0.15, 0.2) is 79.1 Å². The summed E-state index contributed by atoms with van der Waals surface area (Å²) in [6.07, 6.45) is 6.66. The second-order valence-corrected chi connectivity index (χ2v) is 10.9. The molecule has 2 aliphatic heterocycles. The molecule has 198 valence electrons. The highest BCUT2D eigenvalue weighted by Gasteiger charge is 2.42. The van der Waals surface area contributed by atoms with E-state index in [-0.39, 0.29) is 24.1 Å². The van der Waals surface area contributed by atoms with E-state index in [0.717, 1.165) is 47.5 Å². The predicted molar refractivity (Wildman–Crippen MR) is 150 cm³/mol. The Morgan fingerprint density at radius 2 is 1.77 bits per heavy atom. The second kappa shape index (κ2) is 11.3.